The Balaban J connectivity index is 2.17. The number of hydrogen-bond donors (Lipinski definition) is 2. The van der Waals surface area contributed by atoms with Crippen LogP contribution in [0.3, 0.4) is 0 Å². The predicted molar refractivity (Wildman–Crippen MR) is 71.5 cm³/mol. The molecule has 0 bridgehead atoms. The van der Waals surface area contributed by atoms with E-state index in [1.54, 1.807) is 0 Å². The van der Waals surface area contributed by atoms with Crippen molar-refractivity contribution in [1.82, 2.24) is 9.88 Å². The van der Waals surface area contributed by atoms with Gasteiger partial charge in [0.25, 0.3) is 0 Å². The summed E-state index contributed by atoms with van der Waals surface area (Å²) in [5, 5.41) is 10.1. The summed E-state index contributed by atoms with van der Waals surface area (Å²) in [7, 11) is 0. The minimum absolute atomic E-state index is 0.0906. The fourth-order valence-electron chi connectivity index (χ4n) is 2.22. The van der Waals surface area contributed by atoms with Crippen LogP contribution in [0.1, 0.15) is 18.9 Å². The van der Waals surface area contributed by atoms with Gasteiger partial charge in [-0.1, -0.05) is 25.1 Å². The lowest BCUT2D eigenvalue weighted by Gasteiger charge is -2.18. The zero-order valence-electron chi connectivity index (χ0n) is 10.5. The van der Waals surface area contributed by atoms with Crippen molar-refractivity contribution in [3.8, 4) is 0 Å². The van der Waals surface area contributed by atoms with E-state index in [1.165, 1.54) is 5.39 Å². The zero-order chi connectivity index (χ0) is 13.0. The van der Waals surface area contributed by atoms with Crippen molar-refractivity contribution in [2.45, 2.75) is 19.9 Å². The van der Waals surface area contributed by atoms with Crippen LogP contribution in [0.25, 0.3) is 10.9 Å². The first kappa shape index (κ1) is 12.6. The number of nitrogens with zero attached hydrogens (tertiary/aromatic N) is 1. The molecular weight excluding hydrogens is 228 g/mol. The summed E-state index contributed by atoms with van der Waals surface area (Å²) >= 11 is 0. The van der Waals surface area contributed by atoms with E-state index in [1.807, 2.05) is 29.3 Å². The lowest BCUT2D eigenvalue weighted by Crippen LogP contribution is -2.29. The van der Waals surface area contributed by atoms with Gasteiger partial charge in [-0.25, -0.2) is 0 Å². The van der Waals surface area contributed by atoms with Crippen LogP contribution in [0.15, 0.2) is 30.5 Å². The van der Waals surface area contributed by atoms with Crippen molar-refractivity contribution in [2.75, 3.05) is 13.1 Å². The first-order valence-electron chi connectivity index (χ1n) is 6.20. The number of H-pyrrole nitrogens is 1. The second-order valence-electron chi connectivity index (χ2n) is 4.46. The number of aromatic nitrogens is 1. The van der Waals surface area contributed by atoms with Crippen LogP contribution in [-0.2, 0) is 11.3 Å². The number of benzene rings is 1. The largest absolute Gasteiger partial charge is 0.480 e. The van der Waals surface area contributed by atoms with Crippen molar-refractivity contribution in [3.05, 3.63) is 36.0 Å². The van der Waals surface area contributed by atoms with Crippen LogP contribution in [0, 0.1) is 0 Å². The molecule has 2 N–H and O–H groups in total. The highest BCUT2D eigenvalue weighted by Crippen LogP contribution is 2.19. The summed E-state index contributed by atoms with van der Waals surface area (Å²) in [6, 6.07) is 8.08. The molecule has 0 amide bonds. The van der Waals surface area contributed by atoms with Gasteiger partial charge < -0.3 is 10.1 Å². The summed E-state index contributed by atoms with van der Waals surface area (Å²) in [5.41, 5.74) is 2.25. The zero-order valence-corrected chi connectivity index (χ0v) is 10.5. The van der Waals surface area contributed by atoms with E-state index in [0.717, 1.165) is 24.0 Å². The number of nitrogens with one attached hydrogen (secondary N) is 1. The van der Waals surface area contributed by atoms with E-state index in [-0.39, 0.29) is 6.54 Å². The molecule has 0 fully saturated rings. The van der Waals surface area contributed by atoms with E-state index in [2.05, 4.69) is 18.0 Å². The van der Waals surface area contributed by atoms with Crippen LogP contribution in [-0.4, -0.2) is 34.0 Å². The Bertz CT molecular complexity index is 533. The topological polar surface area (TPSA) is 56.3 Å². The van der Waals surface area contributed by atoms with Crippen molar-refractivity contribution < 1.29 is 9.90 Å². The van der Waals surface area contributed by atoms with Gasteiger partial charge in [-0.2, -0.15) is 0 Å². The molecule has 2 rings (SSSR count). The van der Waals surface area contributed by atoms with Gasteiger partial charge in [0.15, 0.2) is 0 Å². The molecule has 0 aliphatic heterocycles. The summed E-state index contributed by atoms with van der Waals surface area (Å²) in [6.07, 6.45) is 2.92. The number of carboxylic acids is 1. The molecule has 0 radical (unpaired) electrons. The molecule has 0 saturated carbocycles. The van der Waals surface area contributed by atoms with Crippen LogP contribution in [0.2, 0.25) is 0 Å². The Kier molecular flexibility index (Phi) is 3.99. The van der Waals surface area contributed by atoms with E-state index in [4.69, 9.17) is 5.11 Å². The third kappa shape index (κ3) is 2.90. The van der Waals surface area contributed by atoms with Gasteiger partial charge in [-0.15, -0.1) is 0 Å². The molecular formula is C14H18N2O2. The van der Waals surface area contributed by atoms with Gasteiger partial charge in [0.2, 0.25) is 0 Å². The summed E-state index contributed by atoms with van der Waals surface area (Å²) in [6.45, 7) is 3.62. The number of para-hydroxylation sites is 1. The van der Waals surface area contributed by atoms with E-state index in [9.17, 15) is 4.79 Å². The summed E-state index contributed by atoms with van der Waals surface area (Å²) < 4.78 is 0. The van der Waals surface area contributed by atoms with Gasteiger partial charge in [-0.05, 0) is 24.6 Å². The molecule has 0 aliphatic rings. The molecule has 1 aromatic carbocycles. The number of fused-ring (bicyclic) bond motifs is 1. The molecule has 18 heavy (non-hydrogen) atoms. The van der Waals surface area contributed by atoms with Crippen LogP contribution < -0.4 is 0 Å². The van der Waals surface area contributed by atoms with E-state index >= 15 is 0 Å². The highest BCUT2D eigenvalue weighted by molar-refractivity contribution is 5.83. The van der Waals surface area contributed by atoms with Gasteiger partial charge in [0.1, 0.15) is 0 Å². The van der Waals surface area contributed by atoms with E-state index in [0.29, 0.717) is 6.54 Å². The minimum Gasteiger partial charge on any atom is -0.480 e. The summed E-state index contributed by atoms with van der Waals surface area (Å²) in [5.74, 6) is -0.775. The molecule has 4 nitrogen and oxygen atoms in total. The Morgan fingerprint density at radius 3 is 2.89 bits per heavy atom. The smallest absolute Gasteiger partial charge is 0.317 e. The van der Waals surface area contributed by atoms with Crippen LogP contribution >= 0.6 is 0 Å². The van der Waals surface area contributed by atoms with Gasteiger partial charge in [-0.3, -0.25) is 9.69 Å². The fraction of sp³-hybridized carbons (Fsp3) is 0.357. The number of hydrogen-bond acceptors (Lipinski definition) is 2. The average molecular weight is 246 g/mol. The van der Waals surface area contributed by atoms with Gasteiger partial charge in [0, 0.05) is 23.6 Å². The fourth-order valence-corrected chi connectivity index (χ4v) is 2.22. The lowest BCUT2D eigenvalue weighted by atomic mass is 10.1. The molecule has 0 saturated heterocycles. The SMILES string of the molecule is CCCN(CC(=O)O)Cc1c[nH]c2ccccc12. The third-order valence-corrected chi connectivity index (χ3v) is 2.97. The molecule has 0 atom stereocenters. The van der Waals surface area contributed by atoms with E-state index < -0.39 is 5.97 Å². The normalized spacial score (nSPS) is 11.2. The standard InChI is InChI=1S/C14H18N2O2/c1-2-7-16(10-14(17)18)9-11-8-15-13-6-4-3-5-12(11)13/h3-6,8,15H,2,7,9-10H2,1H3,(H,17,18). The van der Waals surface area contributed by atoms with Gasteiger partial charge >= 0.3 is 5.97 Å². The van der Waals surface area contributed by atoms with Crippen molar-refractivity contribution in [1.29, 1.82) is 0 Å². The maximum Gasteiger partial charge on any atom is 0.317 e. The molecule has 1 aromatic heterocycles. The first-order chi connectivity index (χ1) is 8.70. The Morgan fingerprint density at radius 1 is 1.39 bits per heavy atom. The second-order valence-corrected chi connectivity index (χ2v) is 4.46. The quantitative estimate of drug-likeness (QED) is 0.823. The predicted octanol–water partition coefficient (Wildman–Crippen LogP) is 2.46. The number of aromatic amines is 1. The molecule has 0 spiro atoms. The highest BCUT2D eigenvalue weighted by atomic mass is 16.4. The van der Waals surface area contributed by atoms with Crippen molar-refractivity contribution in [3.63, 3.8) is 0 Å². The van der Waals surface area contributed by atoms with Crippen LogP contribution in [0.5, 0.6) is 0 Å². The van der Waals surface area contributed by atoms with Crippen molar-refractivity contribution in [2.24, 2.45) is 0 Å². The van der Waals surface area contributed by atoms with Gasteiger partial charge in [0.05, 0.1) is 6.54 Å². The minimum atomic E-state index is -0.775. The highest BCUT2D eigenvalue weighted by Gasteiger charge is 2.11. The third-order valence-electron chi connectivity index (χ3n) is 2.97. The second kappa shape index (κ2) is 5.69. The number of rotatable bonds is 6. The number of carbonyl (C=O) groups is 1. The van der Waals surface area contributed by atoms with Crippen molar-refractivity contribution >= 4 is 16.9 Å². The summed E-state index contributed by atoms with van der Waals surface area (Å²) in [4.78, 5) is 16.0. The molecule has 0 aliphatic carbocycles. The monoisotopic (exact) mass is 246 g/mol. The Morgan fingerprint density at radius 2 is 2.17 bits per heavy atom. The molecule has 1 heterocycles. The molecule has 0 unspecified atom stereocenters. The van der Waals surface area contributed by atoms with Crippen LogP contribution in [0.4, 0.5) is 0 Å². The molecule has 2 aromatic rings. The lowest BCUT2D eigenvalue weighted by molar-refractivity contribution is -0.138. The average Bonchev–Trinajstić information content (AvgIpc) is 2.72. The maximum atomic E-state index is 10.8. The number of aliphatic carboxylic acids is 1. The molecule has 4 heteroatoms. The first-order valence-corrected chi connectivity index (χ1v) is 6.20. The Labute approximate surface area is 106 Å². The molecule has 96 valence electrons. The maximum absolute atomic E-state index is 10.8. The number of carboxylic acid groups (broad SMARTS) is 1. The Hall–Kier alpha value is -1.81.